The fourth-order valence-electron chi connectivity index (χ4n) is 4.10. The van der Waals surface area contributed by atoms with Gasteiger partial charge in [0, 0.05) is 37.4 Å². The second kappa shape index (κ2) is 6.45. The average Bonchev–Trinajstić information content (AvgIpc) is 2.96. The van der Waals surface area contributed by atoms with Gasteiger partial charge in [-0.15, -0.1) is 0 Å². The van der Waals surface area contributed by atoms with Gasteiger partial charge in [-0.1, -0.05) is 39.2 Å². The van der Waals surface area contributed by atoms with Crippen LogP contribution in [-0.4, -0.2) is 34.6 Å². The van der Waals surface area contributed by atoms with Crippen molar-refractivity contribution < 1.29 is 0 Å². The molecule has 2 fully saturated rings. The van der Waals surface area contributed by atoms with Crippen LogP contribution in [0, 0.1) is 5.92 Å². The van der Waals surface area contributed by atoms with Gasteiger partial charge in [-0.2, -0.15) is 0 Å². The Morgan fingerprint density at radius 3 is 2.86 bits per heavy atom. The Morgan fingerprint density at radius 1 is 1.38 bits per heavy atom. The normalized spacial score (nSPS) is 27.0. The summed E-state index contributed by atoms with van der Waals surface area (Å²) in [6.07, 6.45) is 8.63. The monoisotopic (exact) mass is 287 g/mol. The van der Waals surface area contributed by atoms with Crippen LogP contribution in [0.2, 0.25) is 0 Å². The van der Waals surface area contributed by atoms with Crippen molar-refractivity contribution in [2.24, 2.45) is 5.92 Å². The van der Waals surface area contributed by atoms with E-state index >= 15 is 0 Å². The van der Waals surface area contributed by atoms with Crippen molar-refractivity contribution in [3.63, 3.8) is 0 Å². The smallest absolute Gasteiger partial charge is 0.0544 e. The van der Waals surface area contributed by atoms with E-state index in [1.54, 1.807) is 0 Å². The molecule has 3 nitrogen and oxygen atoms in total. The summed E-state index contributed by atoms with van der Waals surface area (Å²) in [7, 11) is 0. The molecule has 1 aliphatic carbocycles. The van der Waals surface area contributed by atoms with Crippen LogP contribution in [0.3, 0.4) is 0 Å². The van der Waals surface area contributed by atoms with Gasteiger partial charge < -0.3 is 5.32 Å². The van der Waals surface area contributed by atoms with Gasteiger partial charge in [-0.25, -0.2) is 0 Å². The standard InChI is InChI=1S/C18H29N3/c1-3-15(2)17-12-20-18(9-5-6-10-18)14-21(17)13-16-8-4-7-11-19-16/h4,7-8,11,15,17,20H,3,5-6,9-10,12-14H2,1-2H3. The fraction of sp³-hybridized carbons (Fsp3) is 0.722. The van der Waals surface area contributed by atoms with Crippen molar-refractivity contribution in [2.75, 3.05) is 13.1 Å². The first-order chi connectivity index (χ1) is 10.2. The first kappa shape index (κ1) is 15.0. The van der Waals surface area contributed by atoms with Crippen molar-refractivity contribution in [2.45, 2.75) is 64.1 Å². The molecule has 1 aliphatic heterocycles. The van der Waals surface area contributed by atoms with Crippen molar-refractivity contribution in [3.05, 3.63) is 30.1 Å². The number of nitrogens with one attached hydrogen (secondary N) is 1. The summed E-state index contributed by atoms with van der Waals surface area (Å²) >= 11 is 0. The topological polar surface area (TPSA) is 28.2 Å². The molecule has 2 unspecified atom stereocenters. The van der Waals surface area contributed by atoms with E-state index in [4.69, 9.17) is 0 Å². The molecule has 2 aliphatic rings. The summed E-state index contributed by atoms with van der Waals surface area (Å²) in [6.45, 7) is 8.04. The average molecular weight is 287 g/mol. The lowest BCUT2D eigenvalue weighted by Crippen LogP contribution is -2.64. The molecule has 116 valence electrons. The highest BCUT2D eigenvalue weighted by Gasteiger charge is 2.42. The summed E-state index contributed by atoms with van der Waals surface area (Å²) in [5, 5.41) is 3.91. The van der Waals surface area contributed by atoms with Gasteiger partial charge in [0.05, 0.1) is 5.69 Å². The van der Waals surface area contributed by atoms with Gasteiger partial charge in [0.15, 0.2) is 0 Å². The SMILES string of the molecule is CCC(C)C1CNC2(CCCC2)CN1Cc1ccccn1. The van der Waals surface area contributed by atoms with E-state index in [-0.39, 0.29) is 0 Å². The molecule has 1 saturated heterocycles. The highest BCUT2D eigenvalue weighted by atomic mass is 15.3. The van der Waals surface area contributed by atoms with Crippen molar-refractivity contribution >= 4 is 0 Å². The molecule has 1 aromatic heterocycles. The van der Waals surface area contributed by atoms with Gasteiger partial charge in [-0.3, -0.25) is 9.88 Å². The lowest BCUT2D eigenvalue weighted by atomic mass is 9.87. The van der Waals surface area contributed by atoms with Crippen LogP contribution >= 0.6 is 0 Å². The van der Waals surface area contributed by atoms with E-state index in [0.29, 0.717) is 11.6 Å². The Balaban J connectivity index is 1.76. The molecule has 1 spiro atoms. The molecule has 0 amide bonds. The lowest BCUT2D eigenvalue weighted by molar-refractivity contribution is 0.0447. The minimum Gasteiger partial charge on any atom is -0.308 e. The van der Waals surface area contributed by atoms with E-state index in [9.17, 15) is 0 Å². The van der Waals surface area contributed by atoms with Gasteiger partial charge in [0.1, 0.15) is 0 Å². The van der Waals surface area contributed by atoms with E-state index in [0.717, 1.165) is 19.0 Å². The number of pyridine rings is 1. The fourth-order valence-corrected chi connectivity index (χ4v) is 4.10. The minimum atomic E-state index is 0.388. The summed E-state index contributed by atoms with van der Waals surface area (Å²) < 4.78 is 0. The Hall–Kier alpha value is -0.930. The third kappa shape index (κ3) is 3.29. The van der Waals surface area contributed by atoms with E-state index < -0.39 is 0 Å². The number of rotatable bonds is 4. The molecule has 2 heterocycles. The molecule has 1 saturated carbocycles. The van der Waals surface area contributed by atoms with Crippen LogP contribution in [0.4, 0.5) is 0 Å². The van der Waals surface area contributed by atoms with Crippen LogP contribution in [0.5, 0.6) is 0 Å². The zero-order valence-corrected chi connectivity index (χ0v) is 13.5. The maximum atomic E-state index is 4.55. The van der Waals surface area contributed by atoms with Crippen LogP contribution in [0.25, 0.3) is 0 Å². The molecule has 1 N–H and O–H groups in total. The summed E-state index contributed by atoms with van der Waals surface area (Å²) in [4.78, 5) is 7.25. The number of aromatic nitrogens is 1. The maximum absolute atomic E-state index is 4.55. The molecule has 3 heteroatoms. The second-order valence-corrected chi connectivity index (χ2v) is 7.05. The van der Waals surface area contributed by atoms with Crippen molar-refractivity contribution in [1.82, 2.24) is 15.2 Å². The van der Waals surface area contributed by atoms with Crippen LogP contribution in [0.15, 0.2) is 24.4 Å². The molecule has 3 rings (SSSR count). The molecule has 1 aromatic rings. The highest BCUT2D eigenvalue weighted by molar-refractivity contribution is 5.07. The number of piperazine rings is 1. The summed E-state index contributed by atoms with van der Waals surface area (Å²) in [5.74, 6) is 0.736. The van der Waals surface area contributed by atoms with E-state index in [1.165, 1.54) is 44.3 Å². The van der Waals surface area contributed by atoms with E-state index in [2.05, 4.69) is 41.2 Å². The maximum Gasteiger partial charge on any atom is 0.0544 e. The zero-order chi connectivity index (χ0) is 14.7. The molecular weight excluding hydrogens is 258 g/mol. The number of nitrogens with zero attached hydrogens (tertiary/aromatic N) is 2. The summed E-state index contributed by atoms with van der Waals surface area (Å²) in [5.41, 5.74) is 1.60. The Labute approximate surface area is 129 Å². The minimum absolute atomic E-state index is 0.388. The first-order valence-corrected chi connectivity index (χ1v) is 8.61. The molecule has 0 radical (unpaired) electrons. The van der Waals surface area contributed by atoms with Gasteiger partial charge in [0.25, 0.3) is 0 Å². The van der Waals surface area contributed by atoms with E-state index in [1.807, 2.05) is 12.3 Å². The third-order valence-corrected chi connectivity index (χ3v) is 5.61. The van der Waals surface area contributed by atoms with Crippen molar-refractivity contribution in [3.8, 4) is 0 Å². The van der Waals surface area contributed by atoms with Gasteiger partial charge >= 0.3 is 0 Å². The van der Waals surface area contributed by atoms with Crippen LogP contribution in [-0.2, 0) is 6.54 Å². The van der Waals surface area contributed by atoms with Gasteiger partial charge in [-0.05, 0) is 30.9 Å². The second-order valence-electron chi connectivity index (χ2n) is 7.05. The molecule has 21 heavy (non-hydrogen) atoms. The summed E-state index contributed by atoms with van der Waals surface area (Å²) in [6, 6.07) is 6.92. The highest BCUT2D eigenvalue weighted by Crippen LogP contribution is 2.35. The van der Waals surface area contributed by atoms with Crippen LogP contribution < -0.4 is 5.32 Å². The Kier molecular flexibility index (Phi) is 4.60. The molecule has 2 atom stereocenters. The largest absolute Gasteiger partial charge is 0.308 e. The zero-order valence-electron chi connectivity index (χ0n) is 13.5. The molecular formula is C18H29N3. The quantitative estimate of drug-likeness (QED) is 0.921. The Morgan fingerprint density at radius 2 is 2.19 bits per heavy atom. The van der Waals surface area contributed by atoms with Crippen molar-refractivity contribution in [1.29, 1.82) is 0 Å². The Bertz CT molecular complexity index is 439. The number of hydrogen-bond acceptors (Lipinski definition) is 3. The predicted octanol–water partition coefficient (Wildman–Crippen LogP) is 3.21. The lowest BCUT2D eigenvalue weighted by Gasteiger charge is -2.48. The van der Waals surface area contributed by atoms with Gasteiger partial charge in [0.2, 0.25) is 0 Å². The molecule has 0 bridgehead atoms. The van der Waals surface area contributed by atoms with Crippen LogP contribution in [0.1, 0.15) is 51.6 Å². The number of hydrogen-bond donors (Lipinski definition) is 1. The molecule has 0 aromatic carbocycles. The predicted molar refractivity (Wildman–Crippen MR) is 87.1 cm³/mol. The third-order valence-electron chi connectivity index (χ3n) is 5.61. The first-order valence-electron chi connectivity index (χ1n) is 8.61.